The van der Waals surface area contributed by atoms with Gasteiger partial charge in [-0.3, -0.25) is 4.79 Å². The molecule has 1 amide bonds. The summed E-state index contributed by atoms with van der Waals surface area (Å²) in [5.74, 6) is 0.100. The van der Waals surface area contributed by atoms with Gasteiger partial charge in [0.05, 0.1) is 16.3 Å². The van der Waals surface area contributed by atoms with Crippen molar-refractivity contribution in [3.05, 3.63) is 75.3 Å². The second kappa shape index (κ2) is 8.26. The lowest BCUT2D eigenvalue weighted by Gasteiger charge is -2.36. The van der Waals surface area contributed by atoms with Crippen molar-refractivity contribution in [2.75, 3.05) is 31.1 Å². The lowest BCUT2D eigenvalue weighted by atomic mass is 10.1. The van der Waals surface area contributed by atoms with Gasteiger partial charge in [0.2, 0.25) is 0 Å². The van der Waals surface area contributed by atoms with Crippen molar-refractivity contribution in [1.29, 1.82) is 0 Å². The molecule has 1 aliphatic heterocycles. The molecule has 0 N–H and O–H groups in total. The highest BCUT2D eigenvalue weighted by molar-refractivity contribution is 7.20. The van der Waals surface area contributed by atoms with Crippen LogP contribution in [0.5, 0.6) is 0 Å². The molecule has 1 saturated heterocycles. The first-order chi connectivity index (χ1) is 15.4. The third kappa shape index (κ3) is 3.78. The van der Waals surface area contributed by atoms with Crippen LogP contribution in [0.25, 0.3) is 15.9 Å². The summed E-state index contributed by atoms with van der Waals surface area (Å²) in [4.78, 5) is 19.4. The second-order valence-corrected chi connectivity index (χ2v) is 9.84. The third-order valence-electron chi connectivity index (χ3n) is 6.11. The molecule has 5 rings (SSSR count). The number of hydrogen-bond acceptors (Lipinski definition) is 4. The Morgan fingerprint density at radius 3 is 2.41 bits per heavy atom. The summed E-state index contributed by atoms with van der Waals surface area (Å²) in [7, 11) is 0. The van der Waals surface area contributed by atoms with Crippen LogP contribution in [-0.4, -0.2) is 46.8 Å². The lowest BCUT2D eigenvalue weighted by Crippen LogP contribution is -2.48. The summed E-state index contributed by atoms with van der Waals surface area (Å²) in [6, 6.07) is 16.3. The quantitative estimate of drug-likeness (QED) is 0.394. The van der Waals surface area contributed by atoms with Gasteiger partial charge in [0.15, 0.2) is 0 Å². The molecule has 0 unspecified atom stereocenters. The van der Waals surface area contributed by atoms with Crippen LogP contribution in [0.4, 0.5) is 5.69 Å². The number of thiophene rings is 1. The van der Waals surface area contributed by atoms with E-state index in [0.29, 0.717) is 13.1 Å². The van der Waals surface area contributed by atoms with Crippen LogP contribution < -0.4 is 4.90 Å². The Morgan fingerprint density at radius 1 is 0.969 bits per heavy atom. The fourth-order valence-electron chi connectivity index (χ4n) is 4.24. The van der Waals surface area contributed by atoms with Gasteiger partial charge in [-0.1, -0.05) is 35.4 Å². The predicted molar refractivity (Wildman–Crippen MR) is 133 cm³/mol. The smallest absolute Gasteiger partial charge is 0.264 e. The normalized spacial score (nSPS) is 14.4. The van der Waals surface area contributed by atoms with Gasteiger partial charge >= 0.3 is 0 Å². The molecule has 3 heterocycles. The molecule has 7 heteroatoms. The zero-order valence-corrected chi connectivity index (χ0v) is 20.0. The molecule has 0 bridgehead atoms. The number of carbonyl (C=O) groups excluding carboxylic acids is 1. The maximum absolute atomic E-state index is 13.3. The van der Waals surface area contributed by atoms with Crippen molar-refractivity contribution in [2.24, 2.45) is 0 Å². The number of amides is 1. The van der Waals surface area contributed by atoms with Gasteiger partial charge in [0.1, 0.15) is 4.83 Å². The van der Waals surface area contributed by atoms with Crippen molar-refractivity contribution in [3.63, 3.8) is 0 Å². The summed E-state index contributed by atoms with van der Waals surface area (Å²) >= 11 is 7.73. The number of aryl methyl sites for hydroxylation is 3. The minimum atomic E-state index is 0.100. The summed E-state index contributed by atoms with van der Waals surface area (Å²) < 4.78 is 1.95. The number of halogens is 1. The summed E-state index contributed by atoms with van der Waals surface area (Å²) in [6.45, 7) is 9.16. The molecule has 2 aromatic heterocycles. The van der Waals surface area contributed by atoms with E-state index in [1.165, 1.54) is 22.5 Å². The van der Waals surface area contributed by atoms with Crippen LogP contribution in [0.2, 0.25) is 5.02 Å². The Kier molecular flexibility index (Phi) is 5.43. The minimum absolute atomic E-state index is 0.100. The van der Waals surface area contributed by atoms with Gasteiger partial charge < -0.3 is 9.80 Å². The molecular weight excluding hydrogens is 440 g/mol. The molecule has 0 spiro atoms. The van der Waals surface area contributed by atoms with Crippen molar-refractivity contribution in [1.82, 2.24) is 14.7 Å². The highest BCUT2D eigenvalue weighted by Crippen LogP contribution is 2.32. The fraction of sp³-hybridized carbons (Fsp3) is 0.280. The zero-order valence-electron chi connectivity index (χ0n) is 18.4. The summed E-state index contributed by atoms with van der Waals surface area (Å²) in [6.07, 6.45) is 0. The van der Waals surface area contributed by atoms with Gasteiger partial charge in [0, 0.05) is 42.3 Å². The minimum Gasteiger partial charge on any atom is -0.368 e. The molecule has 0 aliphatic carbocycles. The van der Waals surface area contributed by atoms with E-state index in [2.05, 4.69) is 43.0 Å². The molecule has 0 saturated carbocycles. The number of piperazine rings is 1. The highest BCUT2D eigenvalue weighted by atomic mass is 35.5. The van der Waals surface area contributed by atoms with E-state index in [1.54, 1.807) is 0 Å². The number of fused-ring (bicyclic) bond motifs is 1. The van der Waals surface area contributed by atoms with E-state index in [4.69, 9.17) is 16.7 Å². The summed E-state index contributed by atoms with van der Waals surface area (Å²) in [5, 5.41) is 6.50. The van der Waals surface area contributed by atoms with E-state index in [9.17, 15) is 4.79 Å². The Balaban J connectivity index is 1.36. The lowest BCUT2D eigenvalue weighted by molar-refractivity contribution is 0.0751. The maximum atomic E-state index is 13.3. The van der Waals surface area contributed by atoms with E-state index in [0.717, 1.165) is 50.3 Å². The number of rotatable bonds is 3. The van der Waals surface area contributed by atoms with Crippen molar-refractivity contribution >= 4 is 44.7 Å². The van der Waals surface area contributed by atoms with Crippen LogP contribution in [-0.2, 0) is 0 Å². The summed E-state index contributed by atoms with van der Waals surface area (Å²) in [5.41, 5.74) is 5.52. The molecule has 4 aromatic rings. The average molecular weight is 465 g/mol. The standard InChI is InChI=1S/C25H25ClN4OS/c1-16-4-8-20(9-5-16)30-25-21(18(3)27-30)15-23(32-25)24(31)29-12-10-28(11-13-29)22-14-19(26)7-6-17(22)2/h4-9,14-15H,10-13H2,1-3H3. The van der Waals surface area contributed by atoms with E-state index in [-0.39, 0.29) is 5.91 Å². The van der Waals surface area contributed by atoms with Crippen LogP contribution >= 0.6 is 22.9 Å². The van der Waals surface area contributed by atoms with Crippen LogP contribution in [0.15, 0.2) is 48.5 Å². The number of aromatic nitrogens is 2. The number of anilines is 1. The highest BCUT2D eigenvalue weighted by Gasteiger charge is 2.25. The van der Waals surface area contributed by atoms with Gasteiger partial charge in [-0.15, -0.1) is 11.3 Å². The largest absolute Gasteiger partial charge is 0.368 e. The SMILES string of the molecule is Cc1ccc(-n2nc(C)c3cc(C(=O)N4CCN(c5cc(Cl)ccc5C)CC4)sc32)cc1. The van der Waals surface area contributed by atoms with E-state index >= 15 is 0 Å². The topological polar surface area (TPSA) is 41.4 Å². The fourth-order valence-corrected chi connectivity index (χ4v) is 5.56. The molecule has 0 atom stereocenters. The predicted octanol–water partition coefficient (Wildman–Crippen LogP) is 5.63. The third-order valence-corrected chi connectivity index (χ3v) is 7.45. The van der Waals surface area contributed by atoms with E-state index < -0.39 is 0 Å². The number of carbonyl (C=O) groups is 1. The van der Waals surface area contributed by atoms with Crippen molar-refractivity contribution in [3.8, 4) is 5.69 Å². The molecular formula is C25H25ClN4OS. The van der Waals surface area contributed by atoms with Gasteiger partial charge in [0.25, 0.3) is 5.91 Å². The van der Waals surface area contributed by atoms with Crippen LogP contribution in [0, 0.1) is 20.8 Å². The Hall–Kier alpha value is -2.83. The number of hydrogen-bond donors (Lipinski definition) is 0. The molecule has 32 heavy (non-hydrogen) atoms. The first-order valence-corrected chi connectivity index (χ1v) is 12.0. The van der Waals surface area contributed by atoms with Gasteiger partial charge in [-0.25, -0.2) is 4.68 Å². The molecule has 1 fully saturated rings. The Morgan fingerprint density at radius 2 is 1.69 bits per heavy atom. The van der Waals surface area contributed by atoms with Crippen molar-refractivity contribution in [2.45, 2.75) is 20.8 Å². The van der Waals surface area contributed by atoms with Gasteiger partial charge in [-0.2, -0.15) is 5.10 Å². The average Bonchev–Trinajstić information content (AvgIpc) is 3.36. The van der Waals surface area contributed by atoms with E-state index in [1.807, 2.05) is 40.8 Å². The Bertz CT molecular complexity index is 1300. The van der Waals surface area contributed by atoms with Crippen molar-refractivity contribution < 1.29 is 4.79 Å². The second-order valence-electron chi connectivity index (χ2n) is 8.37. The van der Waals surface area contributed by atoms with Gasteiger partial charge in [-0.05, 0) is 56.7 Å². The molecule has 1 aliphatic rings. The molecule has 5 nitrogen and oxygen atoms in total. The maximum Gasteiger partial charge on any atom is 0.264 e. The van der Waals surface area contributed by atoms with Crippen LogP contribution in [0.1, 0.15) is 26.5 Å². The molecule has 164 valence electrons. The Labute approximate surface area is 196 Å². The number of benzene rings is 2. The first kappa shape index (κ1) is 21.0. The molecule has 2 aromatic carbocycles. The molecule has 0 radical (unpaired) electrons. The first-order valence-electron chi connectivity index (χ1n) is 10.8. The monoisotopic (exact) mass is 464 g/mol. The number of nitrogens with zero attached hydrogens (tertiary/aromatic N) is 4. The zero-order chi connectivity index (χ0) is 22.4. The van der Waals surface area contributed by atoms with Crippen LogP contribution in [0.3, 0.4) is 0 Å².